The average molecular weight is 221 g/mol. The second-order valence-corrected chi connectivity index (χ2v) is 3.59. The third kappa shape index (κ3) is 1.92. The maximum Gasteiger partial charge on any atom is 0.263 e. The van der Waals surface area contributed by atoms with E-state index >= 15 is 0 Å². The van der Waals surface area contributed by atoms with Crippen molar-refractivity contribution in [2.75, 3.05) is 0 Å². The highest BCUT2D eigenvalue weighted by atomic mass is 35.5. The van der Waals surface area contributed by atoms with Crippen LogP contribution in [0, 0.1) is 6.92 Å². The molecule has 0 N–H and O–H groups in total. The largest absolute Gasteiger partial charge is 0.270 e. The van der Waals surface area contributed by atoms with Crippen LogP contribution in [0.15, 0.2) is 36.7 Å². The fraction of sp³-hybridized carbons (Fsp3) is 0.0909. The molecule has 0 fully saturated rings. The molecule has 0 aliphatic heterocycles. The van der Waals surface area contributed by atoms with Crippen LogP contribution in [-0.4, -0.2) is 15.5 Å². The number of halogens is 1. The van der Waals surface area contributed by atoms with E-state index in [2.05, 4.69) is 4.98 Å². The molecule has 4 heteroatoms. The van der Waals surface area contributed by atoms with Crippen molar-refractivity contribution in [3.05, 3.63) is 53.1 Å². The molecular formula is C11H9ClN2O. The molecule has 0 bridgehead atoms. The van der Waals surface area contributed by atoms with Crippen LogP contribution in [0.1, 0.15) is 16.2 Å². The molecule has 0 aliphatic rings. The van der Waals surface area contributed by atoms with Crippen molar-refractivity contribution in [1.29, 1.82) is 0 Å². The third-order valence-electron chi connectivity index (χ3n) is 2.14. The lowest BCUT2D eigenvalue weighted by molar-refractivity contribution is 0.0957. The Bertz CT molecular complexity index is 488. The second kappa shape index (κ2) is 3.87. The number of nitrogens with zero attached hydrogens (tertiary/aromatic N) is 2. The summed E-state index contributed by atoms with van der Waals surface area (Å²) in [5.41, 5.74) is 0.598. The number of benzene rings is 1. The van der Waals surface area contributed by atoms with Crippen molar-refractivity contribution < 1.29 is 4.79 Å². The maximum absolute atomic E-state index is 11.9. The molecule has 0 aliphatic carbocycles. The van der Waals surface area contributed by atoms with Crippen molar-refractivity contribution in [3.8, 4) is 0 Å². The van der Waals surface area contributed by atoms with Gasteiger partial charge in [0, 0.05) is 23.0 Å². The van der Waals surface area contributed by atoms with E-state index in [4.69, 9.17) is 11.6 Å². The monoisotopic (exact) mass is 220 g/mol. The Balaban J connectivity index is 2.37. The molecule has 0 spiro atoms. The molecule has 0 saturated carbocycles. The highest BCUT2D eigenvalue weighted by molar-refractivity contribution is 6.30. The fourth-order valence-corrected chi connectivity index (χ4v) is 1.45. The fourth-order valence-electron chi connectivity index (χ4n) is 1.32. The molecule has 0 saturated heterocycles. The summed E-state index contributed by atoms with van der Waals surface area (Å²) in [6.45, 7) is 1.79. The third-order valence-corrected chi connectivity index (χ3v) is 2.39. The SMILES string of the molecule is Cc1nccn1C(=O)c1ccc(Cl)cc1. The Labute approximate surface area is 92.3 Å². The van der Waals surface area contributed by atoms with Crippen molar-refractivity contribution in [1.82, 2.24) is 9.55 Å². The molecule has 2 rings (SSSR count). The maximum atomic E-state index is 11.9. The number of carbonyl (C=O) groups is 1. The van der Waals surface area contributed by atoms with Crippen LogP contribution in [0.3, 0.4) is 0 Å². The quantitative estimate of drug-likeness (QED) is 0.740. The summed E-state index contributed by atoms with van der Waals surface area (Å²) < 4.78 is 1.50. The van der Waals surface area contributed by atoms with Gasteiger partial charge in [-0.05, 0) is 31.2 Å². The smallest absolute Gasteiger partial charge is 0.263 e. The summed E-state index contributed by atoms with van der Waals surface area (Å²) >= 11 is 5.74. The molecule has 2 aromatic rings. The zero-order chi connectivity index (χ0) is 10.8. The molecule has 1 aromatic carbocycles. The van der Waals surface area contributed by atoms with Gasteiger partial charge in [-0.25, -0.2) is 4.98 Å². The molecule has 76 valence electrons. The number of rotatable bonds is 1. The van der Waals surface area contributed by atoms with Gasteiger partial charge in [0.2, 0.25) is 0 Å². The van der Waals surface area contributed by atoms with Crippen molar-refractivity contribution in [3.63, 3.8) is 0 Å². The van der Waals surface area contributed by atoms with Gasteiger partial charge in [-0.2, -0.15) is 0 Å². The minimum Gasteiger partial charge on any atom is -0.270 e. The van der Waals surface area contributed by atoms with E-state index in [1.807, 2.05) is 0 Å². The minimum absolute atomic E-state index is 0.0957. The zero-order valence-electron chi connectivity index (χ0n) is 8.14. The molecule has 0 atom stereocenters. The number of carbonyl (C=O) groups excluding carboxylic acids is 1. The summed E-state index contributed by atoms with van der Waals surface area (Å²) in [6.07, 6.45) is 3.25. The van der Waals surface area contributed by atoms with Gasteiger partial charge < -0.3 is 0 Å². The first-order valence-corrected chi connectivity index (χ1v) is 4.86. The van der Waals surface area contributed by atoms with Gasteiger partial charge in [0.15, 0.2) is 0 Å². The van der Waals surface area contributed by atoms with Crippen LogP contribution < -0.4 is 0 Å². The minimum atomic E-state index is -0.0957. The lowest BCUT2D eigenvalue weighted by Crippen LogP contribution is -2.12. The average Bonchev–Trinajstić information content (AvgIpc) is 2.65. The van der Waals surface area contributed by atoms with Crippen LogP contribution in [0.2, 0.25) is 5.02 Å². The highest BCUT2D eigenvalue weighted by Crippen LogP contribution is 2.11. The number of aryl methyl sites for hydroxylation is 1. The first kappa shape index (κ1) is 9.93. The molecular weight excluding hydrogens is 212 g/mol. The van der Waals surface area contributed by atoms with E-state index in [1.165, 1.54) is 4.57 Å². The van der Waals surface area contributed by atoms with Gasteiger partial charge in [-0.15, -0.1) is 0 Å². The van der Waals surface area contributed by atoms with Gasteiger partial charge in [0.1, 0.15) is 5.82 Å². The van der Waals surface area contributed by atoms with E-state index in [9.17, 15) is 4.79 Å². The summed E-state index contributed by atoms with van der Waals surface area (Å²) in [5, 5.41) is 0.619. The van der Waals surface area contributed by atoms with E-state index < -0.39 is 0 Å². The number of aromatic nitrogens is 2. The van der Waals surface area contributed by atoms with Crippen molar-refractivity contribution in [2.45, 2.75) is 6.92 Å². The van der Waals surface area contributed by atoms with E-state index in [-0.39, 0.29) is 5.91 Å². The molecule has 0 radical (unpaired) electrons. The topological polar surface area (TPSA) is 34.9 Å². The lowest BCUT2D eigenvalue weighted by Gasteiger charge is -2.03. The summed E-state index contributed by atoms with van der Waals surface area (Å²) in [7, 11) is 0. The Morgan fingerprint density at radius 2 is 2.00 bits per heavy atom. The summed E-state index contributed by atoms with van der Waals surface area (Å²) in [6, 6.07) is 6.79. The molecule has 1 aromatic heterocycles. The normalized spacial score (nSPS) is 10.3. The molecule has 0 amide bonds. The Kier molecular flexibility index (Phi) is 2.56. The van der Waals surface area contributed by atoms with E-state index in [1.54, 1.807) is 43.6 Å². The Morgan fingerprint density at radius 1 is 1.33 bits per heavy atom. The number of imidazole rings is 1. The standard InChI is InChI=1S/C11H9ClN2O/c1-8-13-6-7-14(8)11(15)9-2-4-10(12)5-3-9/h2-7H,1H3. The van der Waals surface area contributed by atoms with Gasteiger partial charge >= 0.3 is 0 Å². The van der Waals surface area contributed by atoms with Crippen molar-refractivity contribution in [2.24, 2.45) is 0 Å². The first-order valence-electron chi connectivity index (χ1n) is 4.49. The Hall–Kier alpha value is -1.61. The van der Waals surface area contributed by atoms with E-state index in [0.29, 0.717) is 16.4 Å². The van der Waals surface area contributed by atoms with Gasteiger partial charge in [-0.1, -0.05) is 11.6 Å². The highest BCUT2D eigenvalue weighted by Gasteiger charge is 2.09. The van der Waals surface area contributed by atoms with Crippen molar-refractivity contribution >= 4 is 17.5 Å². The predicted octanol–water partition coefficient (Wildman–Crippen LogP) is 2.53. The Morgan fingerprint density at radius 3 is 2.53 bits per heavy atom. The van der Waals surface area contributed by atoms with Crippen LogP contribution in [0.5, 0.6) is 0 Å². The molecule has 0 unspecified atom stereocenters. The van der Waals surface area contributed by atoms with Gasteiger partial charge in [0.25, 0.3) is 5.91 Å². The number of hydrogen-bond acceptors (Lipinski definition) is 2. The number of hydrogen-bond donors (Lipinski definition) is 0. The first-order chi connectivity index (χ1) is 7.18. The molecule has 3 nitrogen and oxygen atoms in total. The second-order valence-electron chi connectivity index (χ2n) is 3.16. The van der Waals surface area contributed by atoms with E-state index in [0.717, 1.165) is 0 Å². The molecule has 1 heterocycles. The predicted molar refractivity (Wildman–Crippen MR) is 58.1 cm³/mol. The summed E-state index contributed by atoms with van der Waals surface area (Å²) in [5.74, 6) is 0.580. The lowest BCUT2D eigenvalue weighted by atomic mass is 10.2. The van der Waals surface area contributed by atoms with Crippen LogP contribution in [0.4, 0.5) is 0 Å². The van der Waals surface area contributed by atoms with Crippen LogP contribution >= 0.6 is 11.6 Å². The van der Waals surface area contributed by atoms with Crippen LogP contribution in [0.25, 0.3) is 0 Å². The van der Waals surface area contributed by atoms with Gasteiger partial charge in [-0.3, -0.25) is 9.36 Å². The zero-order valence-corrected chi connectivity index (χ0v) is 8.90. The molecule has 15 heavy (non-hydrogen) atoms. The summed E-state index contributed by atoms with van der Waals surface area (Å²) in [4.78, 5) is 15.9. The van der Waals surface area contributed by atoms with Crippen LogP contribution in [-0.2, 0) is 0 Å². The van der Waals surface area contributed by atoms with Gasteiger partial charge in [0.05, 0.1) is 0 Å².